The molecule has 0 aliphatic heterocycles. The highest BCUT2D eigenvalue weighted by Crippen LogP contribution is 2.21. The van der Waals surface area contributed by atoms with Crippen LogP contribution in [0.1, 0.15) is 5.69 Å². The van der Waals surface area contributed by atoms with Crippen molar-refractivity contribution in [2.24, 2.45) is 0 Å². The molecule has 1 heterocycles. The van der Waals surface area contributed by atoms with E-state index in [-0.39, 0.29) is 17.0 Å². The van der Waals surface area contributed by atoms with E-state index >= 15 is 0 Å². The summed E-state index contributed by atoms with van der Waals surface area (Å²) < 4.78 is 26.1. The lowest BCUT2D eigenvalue weighted by Gasteiger charge is -2.02. The second-order valence-electron chi connectivity index (χ2n) is 3.02. The average Bonchev–Trinajstić information content (AvgIpc) is 2.29. The molecule has 1 aromatic heterocycles. The molecule has 0 fully saturated rings. The number of hydrogen-bond acceptors (Lipinski definition) is 3. The van der Waals surface area contributed by atoms with Gasteiger partial charge in [0, 0.05) is 17.7 Å². The molecule has 0 radical (unpaired) electrons. The van der Waals surface area contributed by atoms with E-state index in [4.69, 9.17) is 5.26 Å². The van der Waals surface area contributed by atoms with Gasteiger partial charge < -0.3 is 0 Å². The second kappa shape index (κ2) is 4.03. The van der Waals surface area contributed by atoms with E-state index in [9.17, 15) is 8.78 Å². The van der Waals surface area contributed by atoms with Crippen LogP contribution in [0.2, 0.25) is 0 Å². The fourth-order valence-electron chi connectivity index (χ4n) is 1.26. The van der Waals surface area contributed by atoms with Gasteiger partial charge in [-0.15, -0.1) is 0 Å². The largest absolute Gasteiger partial charge is 0.236 e. The van der Waals surface area contributed by atoms with Gasteiger partial charge in [0.2, 0.25) is 0 Å². The Bertz CT molecular complexity index is 576. The van der Waals surface area contributed by atoms with Crippen molar-refractivity contribution in [3.05, 3.63) is 47.9 Å². The third kappa shape index (κ3) is 1.86. The zero-order valence-electron chi connectivity index (χ0n) is 7.98. The first-order chi connectivity index (χ1) is 7.70. The summed E-state index contributed by atoms with van der Waals surface area (Å²) in [6, 6.07) is 6.33. The predicted octanol–water partition coefficient (Wildman–Crippen LogP) is 2.29. The van der Waals surface area contributed by atoms with Crippen molar-refractivity contribution in [2.45, 2.75) is 0 Å². The first kappa shape index (κ1) is 10.2. The van der Waals surface area contributed by atoms with E-state index in [0.29, 0.717) is 0 Å². The van der Waals surface area contributed by atoms with Gasteiger partial charge in [-0.05, 0) is 12.1 Å². The molecule has 2 rings (SSSR count). The maximum Gasteiger partial charge on any atom is 0.144 e. The van der Waals surface area contributed by atoms with E-state index in [1.54, 1.807) is 0 Å². The Balaban J connectivity index is 2.55. The molecule has 0 bridgehead atoms. The fraction of sp³-hybridized carbons (Fsp3) is 0. The molecule has 0 aliphatic rings. The lowest BCUT2D eigenvalue weighted by Crippen LogP contribution is -1.92. The van der Waals surface area contributed by atoms with Crippen molar-refractivity contribution in [1.29, 1.82) is 5.26 Å². The minimum Gasteiger partial charge on any atom is -0.236 e. The standard InChI is InChI=1S/C11H5F2N3/c12-7-1-2-9(10(13)3-7)11-4-8(5-14)15-6-16-11/h1-4,6H. The van der Waals surface area contributed by atoms with Crippen molar-refractivity contribution >= 4 is 0 Å². The molecule has 3 nitrogen and oxygen atoms in total. The van der Waals surface area contributed by atoms with Crippen LogP contribution in [0.4, 0.5) is 8.78 Å². The van der Waals surface area contributed by atoms with E-state index in [0.717, 1.165) is 18.5 Å². The van der Waals surface area contributed by atoms with E-state index in [1.165, 1.54) is 12.1 Å². The van der Waals surface area contributed by atoms with Crippen molar-refractivity contribution in [3.8, 4) is 17.3 Å². The molecule has 0 saturated carbocycles. The third-order valence-corrected chi connectivity index (χ3v) is 1.99. The maximum atomic E-state index is 13.4. The van der Waals surface area contributed by atoms with Gasteiger partial charge in [-0.2, -0.15) is 5.26 Å². The van der Waals surface area contributed by atoms with Gasteiger partial charge >= 0.3 is 0 Å². The number of nitrogens with zero attached hydrogens (tertiary/aromatic N) is 3. The third-order valence-electron chi connectivity index (χ3n) is 1.99. The molecule has 0 saturated heterocycles. The second-order valence-corrected chi connectivity index (χ2v) is 3.02. The van der Waals surface area contributed by atoms with Gasteiger partial charge in [-0.1, -0.05) is 0 Å². The first-order valence-corrected chi connectivity index (χ1v) is 4.38. The smallest absolute Gasteiger partial charge is 0.144 e. The summed E-state index contributed by atoms with van der Waals surface area (Å²) in [5.41, 5.74) is 0.526. The fourth-order valence-corrected chi connectivity index (χ4v) is 1.26. The molecule has 16 heavy (non-hydrogen) atoms. The van der Waals surface area contributed by atoms with Crippen LogP contribution in [0.5, 0.6) is 0 Å². The number of nitriles is 1. The Morgan fingerprint density at radius 3 is 2.62 bits per heavy atom. The number of halogens is 2. The summed E-state index contributed by atoms with van der Waals surface area (Å²) in [6.07, 6.45) is 1.16. The van der Waals surface area contributed by atoms with Gasteiger partial charge in [-0.25, -0.2) is 18.7 Å². The predicted molar refractivity (Wildman–Crippen MR) is 52.1 cm³/mol. The van der Waals surface area contributed by atoms with Gasteiger partial charge in [0.1, 0.15) is 29.7 Å². The molecule has 0 N–H and O–H groups in total. The number of rotatable bonds is 1. The highest BCUT2D eigenvalue weighted by molar-refractivity contribution is 5.60. The zero-order valence-corrected chi connectivity index (χ0v) is 7.98. The molecule has 0 spiro atoms. The number of hydrogen-bond donors (Lipinski definition) is 0. The summed E-state index contributed by atoms with van der Waals surface area (Å²) in [6.45, 7) is 0. The van der Waals surface area contributed by atoms with Crippen LogP contribution in [0.25, 0.3) is 11.3 Å². The van der Waals surface area contributed by atoms with E-state index < -0.39 is 11.6 Å². The highest BCUT2D eigenvalue weighted by Gasteiger charge is 2.08. The van der Waals surface area contributed by atoms with Crippen LogP contribution in [0.3, 0.4) is 0 Å². The lowest BCUT2D eigenvalue weighted by atomic mass is 10.1. The average molecular weight is 217 g/mol. The summed E-state index contributed by atoms with van der Waals surface area (Å²) >= 11 is 0. The molecule has 0 unspecified atom stereocenters. The molecule has 0 aliphatic carbocycles. The Morgan fingerprint density at radius 2 is 1.94 bits per heavy atom. The molecular weight excluding hydrogens is 212 g/mol. The highest BCUT2D eigenvalue weighted by atomic mass is 19.1. The number of aromatic nitrogens is 2. The maximum absolute atomic E-state index is 13.4. The van der Waals surface area contributed by atoms with Gasteiger partial charge in [0.15, 0.2) is 0 Å². The summed E-state index contributed by atoms with van der Waals surface area (Å²) in [5.74, 6) is -1.38. The van der Waals surface area contributed by atoms with Crippen LogP contribution in [-0.4, -0.2) is 9.97 Å². The van der Waals surface area contributed by atoms with Crippen molar-refractivity contribution < 1.29 is 8.78 Å². The molecule has 78 valence electrons. The van der Waals surface area contributed by atoms with Crippen molar-refractivity contribution in [2.75, 3.05) is 0 Å². The lowest BCUT2D eigenvalue weighted by molar-refractivity contribution is 0.585. The molecular formula is C11H5F2N3. The summed E-state index contributed by atoms with van der Waals surface area (Å²) in [5, 5.41) is 8.63. The molecule has 2 aromatic rings. The molecule has 1 aromatic carbocycles. The molecule has 0 atom stereocenters. The van der Waals surface area contributed by atoms with Crippen LogP contribution in [0.15, 0.2) is 30.6 Å². The molecule has 0 amide bonds. The minimum absolute atomic E-state index is 0.133. The van der Waals surface area contributed by atoms with Crippen LogP contribution >= 0.6 is 0 Å². The Morgan fingerprint density at radius 1 is 1.12 bits per heavy atom. The van der Waals surface area contributed by atoms with E-state index in [1.807, 2.05) is 6.07 Å². The van der Waals surface area contributed by atoms with Gasteiger partial charge in [0.25, 0.3) is 0 Å². The summed E-state index contributed by atoms with van der Waals surface area (Å²) in [7, 11) is 0. The minimum atomic E-state index is -0.720. The zero-order chi connectivity index (χ0) is 11.5. The van der Waals surface area contributed by atoms with Crippen molar-refractivity contribution in [3.63, 3.8) is 0 Å². The van der Waals surface area contributed by atoms with Gasteiger partial charge in [-0.3, -0.25) is 0 Å². The SMILES string of the molecule is N#Cc1cc(-c2ccc(F)cc2F)ncn1. The van der Waals surface area contributed by atoms with Crippen LogP contribution in [-0.2, 0) is 0 Å². The monoisotopic (exact) mass is 217 g/mol. The Kier molecular flexibility index (Phi) is 2.56. The summed E-state index contributed by atoms with van der Waals surface area (Å²) in [4.78, 5) is 7.49. The van der Waals surface area contributed by atoms with Crippen molar-refractivity contribution in [1.82, 2.24) is 9.97 Å². The number of benzene rings is 1. The van der Waals surface area contributed by atoms with Gasteiger partial charge in [0.05, 0.1) is 5.69 Å². The topological polar surface area (TPSA) is 49.6 Å². The Hall–Kier alpha value is -2.35. The molecule has 5 heteroatoms. The van der Waals surface area contributed by atoms with Crippen LogP contribution < -0.4 is 0 Å². The normalized spacial score (nSPS) is 9.81. The Labute approximate surface area is 90.0 Å². The van der Waals surface area contributed by atoms with Crippen LogP contribution in [0, 0.1) is 23.0 Å². The van der Waals surface area contributed by atoms with E-state index in [2.05, 4.69) is 9.97 Å². The first-order valence-electron chi connectivity index (χ1n) is 4.38. The quantitative estimate of drug-likeness (QED) is 0.736.